The Morgan fingerprint density at radius 3 is 2.54 bits per heavy atom. The van der Waals surface area contributed by atoms with E-state index in [4.69, 9.17) is 5.73 Å². The van der Waals surface area contributed by atoms with Crippen molar-refractivity contribution >= 4 is 18.3 Å². The third-order valence-corrected chi connectivity index (χ3v) is 3.59. The zero-order valence-electron chi connectivity index (χ0n) is 14.0. The van der Waals surface area contributed by atoms with Gasteiger partial charge in [-0.05, 0) is 49.6 Å². The Labute approximate surface area is 147 Å². The van der Waals surface area contributed by atoms with Crippen molar-refractivity contribution in [2.75, 3.05) is 13.1 Å². The maximum absolute atomic E-state index is 13.1. The number of nitrogens with zero attached hydrogens (tertiary/aromatic N) is 2. The molecule has 2 rings (SSSR count). The van der Waals surface area contributed by atoms with E-state index in [-0.39, 0.29) is 30.0 Å². The standard InChI is InChI=1S/C17H23FN4O.ClH/c1-12(2)16-15(17(23)20-10-4-3-9-19)11-21-22(16)14-7-5-13(18)6-8-14;/h5-8,11-12H,3-4,9-10,19H2,1-2H3,(H,20,23);1H. The van der Waals surface area contributed by atoms with E-state index in [1.165, 1.54) is 12.1 Å². The minimum absolute atomic E-state index is 0. The molecule has 0 saturated heterocycles. The molecule has 0 radical (unpaired) electrons. The zero-order chi connectivity index (χ0) is 16.8. The van der Waals surface area contributed by atoms with Gasteiger partial charge in [-0.1, -0.05) is 13.8 Å². The number of unbranched alkanes of at least 4 members (excludes halogenated alkanes) is 1. The molecule has 0 aliphatic carbocycles. The lowest BCUT2D eigenvalue weighted by Gasteiger charge is -2.13. The average molecular weight is 355 g/mol. The highest BCUT2D eigenvalue weighted by Gasteiger charge is 2.20. The van der Waals surface area contributed by atoms with Gasteiger partial charge in [0.05, 0.1) is 23.1 Å². The third kappa shape index (κ3) is 4.79. The second kappa shape index (κ2) is 9.39. The molecule has 5 nitrogen and oxygen atoms in total. The Bertz CT molecular complexity index is 655. The summed E-state index contributed by atoms with van der Waals surface area (Å²) in [6, 6.07) is 6.07. The molecule has 0 atom stereocenters. The first-order valence-corrected chi connectivity index (χ1v) is 7.86. The number of hydrogen-bond acceptors (Lipinski definition) is 3. The van der Waals surface area contributed by atoms with E-state index in [1.807, 2.05) is 13.8 Å². The van der Waals surface area contributed by atoms with Crippen LogP contribution < -0.4 is 11.1 Å². The molecule has 1 heterocycles. The summed E-state index contributed by atoms with van der Waals surface area (Å²) in [5.74, 6) is -0.337. The quantitative estimate of drug-likeness (QED) is 0.750. The van der Waals surface area contributed by atoms with Gasteiger partial charge < -0.3 is 11.1 Å². The number of amides is 1. The Morgan fingerprint density at radius 2 is 1.96 bits per heavy atom. The van der Waals surface area contributed by atoms with Crippen LogP contribution in [0.15, 0.2) is 30.5 Å². The molecule has 7 heteroatoms. The van der Waals surface area contributed by atoms with Gasteiger partial charge in [0.25, 0.3) is 5.91 Å². The number of rotatable bonds is 7. The summed E-state index contributed by atoms with van der Waals surface area (Å²) in [5, 5.41) is 7.21. The Balaban J connectivity index is 0.00000288. The zero-order valence-corrected chi connectivity index (χ0v) is 14.8. The first kappa shape index (κ1) is 20.1. The SMILES string of the molecule is CC(C)c1c(C(=O)NCCCCN)cnn1-c1ccc(F)cc1.Cl. The topological polar surface area (TPSA) is 72.9 Å². The molecule has 2 aromatic rings. The van der Waals surface area contributed by atoms with Crippen LogP contribution in [0.2, 0.25) is 0 Å². The van der Waals surface area contributed by atoms with E-state index in [0.29, 0.717) is 18.7 Å². The highest BCUT2D eigenvalue weighted by molar-refractivity contribution is 5.95. The third-order valence-electron chi connectivity index (χ3n) is 3.59. The second-order valence-electron chi connectivity index (χ2n) is 5.74. The van der Waals surface area contributed by atoms with Crippen molar-refractivity contribution in [2.45, 2.75) is 32.6 Å². The van der Waals surface area contributed by atoms with Crippen LogP contribution in [0, 0.1) is 5.82 Å². The van der Waals surface area contributed by atoms with Gasteiger partial charge in [0, 0.05) is 6.54 Å². The normalized spacial score (nSPS) is 10.5. The molecule has 1 amide bonds. The fraction of sp³-hybridized carbons (Fsp3) is 0.412. The first-order valence-electron chi connectivity index (χ1n) is 7.86. The van der Waals surface area contributed by atoms with Crippen molar-refractivity contribution in [1.82, 2.24) is 15.1 Å². The molecule has 0 saturated carbocycles. The summed E-state index contributed by atoms with van der Waals surface area (Å²) in [7, 11) is 0. The molecule has 0 aliphatic rings. The number of hydrogen-bond donors (Lipinski definition) is 2. The molecule has 0 fully saturated rings. The summed E-state index contributed by atoms with van der Waals surface area (Å²) in [5.41, 5.74) is 7.55. The van der Waals surface area contributed by atoms with Gasteiger partial charge in [-0.25, -0.2) is 9.07 Å². The maximum Gasteiger partial charge on any atom is 0.254 e. The van der Waals surface area contributed by atoms with Crippen molar-refractivity contribution in [1.29, 1.82) is 0 Å². The number of nitrogens with two attached hydrogens (primary N) is 1. The lowest BCUT2D eigenvalue weighted by molar-refractivity contribution is 0.0951. The monoisotopic (exact) mass is 354 g/mol. The average Bonchev–Trinajstić information content (AvgIpc) is 2.97. The molecular formula is C17H24ClFN4O. The molecule has 24 heavy (non-hydrogen) atoms. The second-order valence-corrected chi connectivity index (χ2v) is 5.74. The van der Waals surface area contributed by atoms with Gasteiger partial charge >= 0.3 is 0 Å². The number of benzene rings is 1. The molecule has 1 aromatic heterocycles. The summed E-state index contributed by atoms with van der Waals surface area (Å²) >= 11 is 0. The minimum atomic E-state index is -0.301. The Morgan fingerprint density at radius 1 is 1.29 bits per heavy atom. The van der Waals surface area contributed by atoms with Crippen LogP contribution in [-0.2, 0) is 0 Å². The van der Waals surface area contributed by atoms with Crippen molar-refractivity contribution in [2.24, 2.45) is 5.73 Å². The number of halogens is 2. The number of carbonyl (C=O) groups excluding carboxylic acids is 1. The fourth-order valence-corrected chi connectivity index (χ4v) is 2.44. The first-order chi connectivity index (χ1) is 11.0. The van der Waals surface area contributed by atoms with Crippen LogP contribution in [0.1, 0.15) is 48.7 Å². The number of aromatic nitrogens is 2. The van der Waals surface area contributed by atoms with Gasteiger partial charge in [0.2, 0.25) is 0 Å². The van der Waals surface area contributed by atoms with E-state index in [9.17, 15) is 9.18 Å². The molecular weight excluding hydrogens is 331 g/mol. The summed E-state index contributed by atoms with van der Waals surface area (Å²) in [6.45, 7) is 5.22. The van der Waals surface area contributed by atoms with Crippen LogP contribution in [0.25, 0.3) is 5.69 Å². The molecule has 0 unspecified atom stereocenters. The predicted octanol–water partition coefficient (Wildman–Crippen LogP) is 3.03. The molecule has 1 aromatic carbocycles. The van der Waals surface area contributed by atoms with Gasteiger partial charge in [-0.15, -0.1) is 12.4 Å². The van der Waals surface area contributed by atoms with Crippen molar-refractivity contribution in [3.05, 3.63) is 47.5 Å². The van der Waals surface area contributed by atoms with E-state index >= 15 is 0 Å². The molecule has 0 bridgehead atoms. The number of carbonyl (C=O) groups is 1. The van der Waals surface area contributed by atoms with Gasteiger partial charge in [-0.3, -0.25) is 4.79 Å². The summed E-state index contributed by atoms with van der Waals surface area (Å²) < 4.78 is 14.8. The lowest BCUT2D eigenvalue weighted by atomic mass is 10.0. The largest absolute Gasteiger partial charge is 0.352 e. The van der Waals surface area contributed by atoms with E-state index in [1.54, 1.807) is 23.0 Å². The van der Waals surface area contributed by atoms with Crippen molar-refractivity contribution in [3.63, 3.8) is 0 Å². The maximum atomic E-state index is 13.1. The molecule has 0 aliphatic heterocycles. The smallest absolute Gasteiger partial charge is 0.254 e. The Hall–Kier alpha value is -1.92. The molecule has 0 spiro atoms. The van der Waals surface area contributed by atoms with Crippen LogP contribution >= 0.6 is 12.4 Å². The summed E-state index contributed by atoms with van der Waals surface area (Å²) in [6.07, 6.45) is 3.30. The summed E-state index contributed by atoms with van der Waals surface area (Å²) in [4.78, 5) is 12.4. The van der Waals surface area contributed by atoms with Gasteiger partial charge in [0.1, 0.15) is 5.82 Å². The van der Waals surface area contributed by atoms with E-state index in [2.05, 4.69) is 10.4 Å². The minimum Gasteiger partial charge on any atom is -0.352 e. The van der Waals surface area contributed by atoms with Crippen LogP contribution in [0.3, 0.4) is 0 Å². The van der Waals surface area contributed by atoms with Gasteiger partial charge in [-0.2, -0.15) is 5.10 Å². The molecule has 3 N–H and O–H groups in total. The van der Waals surface area contributed by atoms with E-state index < -0.39 is 0 Å². The van der Waals surface area contributed by atoms with Gasteiger partial charge in [0.15, 0.2) is 0 Å². The molecule has 132 valence electrons. The van der Waals surface area contributed by atoms with Crippen LogP contribution in [0.4, 0.5) is 4.39 Å². The predicted molar refractivity (Wildman–Crippen MR) is 95.5 cm³/mol. The van der Waals surface area contributed by atoms with Crippen molar-refractivity contribution < 1.29 is 9.18 Å². The van der Waals surface area contributed by atoms with Crippen molar-refractivity contribution in [3.8, 4) is 5.69 Å². The van der Waals surface area contributed by atoms with E-state index in [0.717, 1.165) is 24.2 Å². The van der Waals surface area contributed by atoms with Crippen LogP contribution in [-0.4, -0.2) is 28.8 Å². The number of nitrogens with one attached hydrogen (secondary N) is 1. The lowest BCUT2D eigenvalue weighted by Crippen LogP contribution is -2.26. The highest BCUT2D eigenvalue weighted by atomic mass is 35.5. The Kier molecular flexibility index (Phi) is 7.88. The highest BCUT2D eigenvalue weighted by Crippen LogP contribution is 2.23. The fourth-order valence-electron chi connectivity index (χ4n) is 2.44. The van der Waals surface area contributed by atoms with Crippen LogP contribution in [0.5, 0.6) is 0 Å².